The van der Waals surface area contributed by atoms with Gasteiger partial charge in [-0.1, -0.05) is 23.7 Å². The summed E-state index contributed by atoms with van der Waals surface area (Å²) in [5, 5.41) is 0.505. The minimum absolute atomic E-state index is 0.159. The van der Waals surface area contributed by atoms with Gasteiger partial charge in [-0.25, -0.2) is 9.82 Å². The fraction of sp³-hybridized carbons (Fsp3) is 0.154. The Morgan fingerprint density at radius 3 is 2.74 bits per heavy atom. The predicted molar refractivity (Wildman–Crippen MR) is 71.4 cm³/mol. The molecule has 100 valence electrons. The standard InChI is InChI=1S/C13H13ClFN3O/c1-19-11-4-2-3-9(12(11)15)13(18-16)10-6-5-8(14)7-17-10/h2-7,13,18H,16H2,1H3. The van der Waals surface area contributed by atoms with E-state index >= 15 is 0 Å². The van der Waals surface area contributed by atoms with Crippen LogP contribution < -0.4 is 16.0 Å². The highest BCUT2D eigenvalue weighted by atomic mass is 35.5. The molecule has 1 atom stereocenters. The van der Waals surface area contributed by atoms with Gasteiger partial charge >= 0.3 is 0 Å². The van der Waals surface area contributed by atoms with E-state index in [-0.39, 0.29) is 5.75 Å². The Morgan fingerprint density at radius 2 is 2.16 bits per heavy atom. The molecule has 1 heterocycles. The van der Waals surface area contributed by atoms with E-state index in [1.807, 2.05) is 0 Å². The van der Waals surface area contributed by atoms with Crippen LogP contribution >= 0.6 is 11.6 Å². The number of hydrogen-bond acceptors (Lipinski definition) is 4. The van der Waals surface area contributed by atoms with Crippen molar-refractivity contribution < 1.29 is 9.13 Å². The first-order valence-corrected chi connectivity index (χ1v) is 5.95. The second-order valence-corrected chi connectivity index (χ2v) is 4.30. The lowest BCUT2D eigenvalue weighted by Gasteiger charge is -2.17. The van der Waals surface area contributed by atoms with Crippen molar-refractivity contribution in [2.45, 2.75) is 6.04 Å². The van der Waals surface area contributed by atoms with Crippen molar-refractivity contribution in [1.82, 2.24) is 10.4 Å². The Bertz CT molecular complexity index is 562. The number of ether oxygens (including phenoxy) is 1. The second kappa shape index (κ2) is 5.97. The summed E-state index contributed by atoms with van der Waals surface area (Å²) in [4.78, 5) is 4.14. The summed E-state index contributed by atoms with van der Waals surface area (Å²) in [6.07, 6.45) is 1.49. The Balaban J connectivity index is 2.45. The molecule has 6 heteroatoms. The number of nitrogens with one attached hydrogen (secondary N) is 1. The maximum absolute atomic E-state index is 14.2. The molecule has 1 unspecified atom stereocenters. The van der Waals surface area contributed by atoms with Gasteiger partial charge < -0.3 is 4.74 Å². The molecule has 0 amide bonds. The SMILES string of the molecule is COc1cccc(C(NN)c2ccc(Cl)cn2)c1F. The van der Waals surface area contributed by atoms with Crippen molar-refractivity contribution in [2.24, 2.45) is 5.84 Å². The van der Waals surface area contributed by atoms with Crippen molar-refractivity contribution in [1.29, 1.82) is 0 Å². The van der Waals surface area contributed by atoms with Crippen LogP contribution in [0.1, 0.15) is 17.3 Å². The van der Waals surface area contributed by atoms with Crippen molar-refractivity contribution in [3.8, 4) is 5.75 Å². The largest absolute Gasteiger partial charge is 0.494 e. The van der Waals surface area contributed by atoms with Crippen LogP contribution in [0.25, 0.3) is 0 Å². The average molecular weight is 282 g/mol. The molecule has 0 aliphatic rings. The van der Waals surface area contributed by atoms with Gasteiger partial charge in [-0.15, -0.1) is 0 Å². The molecule has 2 aromatic rings. The molecule has 3 N–H and O–H groups in total. The van der Waals surface area contributed by atoms with Crippen LogP contribution in [0, 0.1) is 5.82 Å². The summed E-state index contributed by atoms with van der Waals surface area (Å²) in [5.74, 6) is 5.20. The van der Waals surface area contributed by atoms with Crippen molar-refractivity contribution in [2.75, 3.05) is 7.11 Å². The summed E-state index contributed by atoms with van der Waals surface area (Å²) in [5.41, 5.74) is 3.47. The zero-order valence-corrected chi connectivity index (χ0v) is 11.0. The summed E-state index contributed by atoms with van der Waals surface area (Å²) in [6, 6.07) is 7.64. The van der Waals surface area contributed by atoms with Crippen molar-refractivity contribution >= 4 is 11.6 Å². The summed E-state index contributed by atoms with van der Waals surface area (Å²) in [6.45, 7) is 0. The third-order valence-electron chi connectivity index (χ3n) is 2.74. The van der Waals surface area contributed by atoms with Gasteiger partial charge in [0.25, 0.3) is 0 Å². The number of nitrogens with zero attached hydrogens (tertiary/aromatic N) is 1. The first-order valence-electron chi connectivity index (χ1n) is 5.57. The fourth-order valence-electron chi connectivity index (χ4n) is 1.80. The van der Waals surface area contributed by atoms with Gasteiger partial charge in [-0.3, -0.25) is 10.8 Å². The van der Waals surface area contributed by atoms with E-state index < -0.39 is 11.9 Å². The number of aromatic nitrogens is 1. The molecule has 0 saturated carbocycles. The molecule has 4 nitrogen and oxygen atoms in total. The number of benzene rings is 1. The minimum atomic E-state index is -0.577. The number of nitrogens with two attached hydrogens (primary N) is 1. The lowest BCUT2D eigenvalue weighted by molar-refractivity contribution is 0.381. The Labute approximate surface area is 115 Å². The van der Waals surface area contributed by atoms with Crippen LogP contribution in [-0.2, 0) is 0 Å². The molecule has 0 aliphatic carbocycles. The number of hydrogen-bond donors (Lipinski definition) is 2. The van der Waals surface area contributed by atoms with Gasteiger partial charge in [0, 0.05) is 11.8 Å². The maximum Gasteiger partial charge on any atom is 0.170 e. The molecule has 0 aliphatic heterocycles. The molecule has 1 aromatic carbocycles. The molecule has 1 aromatic heterocycles. The van der Waals surface area contributed by atoms with Gasteiger partial charge in [0.1, 0.15) is 0 Å². The molecular formula is C13H13ClFN3O. The summed E-state index contributed by atoms with van der Waals surface area (Å²) >= 11 is 5.78. The van der Waals surface area contributed by atoms with Crippen LogP contribution in [0.15, 0.2) is 36.5 Å². The molecule has 0 fully saturated rings. The highest BCUT2D eigenvalue weighted by Gasteiger charge is 2.20. The molecule has 0 bridgehead atoms. The number of pyridine rings is 1. The maximum atomic E-state index is 14.2. The highest BCUT2D eigenvalue weighted by molar-refractivity contribution is 6.30. The zero-order chi connectivity index (χ0) is 13.8. The normalized spacial score (nSPS) is 12.2. The summed E-state index contributed by atoms with van der Waals surface area (Å²) in [7, 11) is 1.41. The smallest absolute Gasteiger partial charge is 0.170 e. The van der Waals surface area contributed by atoms with Crippen LogP contribution in [0.5, 0.6) is 5.75 Å². The predicted octanol–water partition coefficient (Wildman–Crippen LogP) is 2.44. The van der Waals surface area contributed by atoms with Crippen molar-refractivity contribution in [3.05, 3.63) is 58.6 Å². The lowest BCUT2D eigenvalue weighted by atomic mass is 10.0. The molecule has 2 rings (SSSR count). The van der Waals surface area contributed by atoms with Gasteiger partial charge in [0.2, 0.25) is 0 Å². The van der Waals surface area contributed by atoms with Gasteiger partial charge in [-0.05, 0) is 18.2 Å². The van der Waals surface area contributed by atoms with E-state index in [4.69, 9.17) is 22.2 Å². The van der Waals surface area contributed by atoms with E-state index in [0.29, 0.717) is 16.3 Å². The molecule has 19 heavy (non-hydrogen) atoms. The third kappa shape index (κ3) is 2.84. The van der Waals surface area contributed by atoms with Crippen molar-refractivity contribution in [3.63, 3.8) is 0 Å². The highest BCUT2D eigenvalue weighted by Crippen LogP contribution is 2.28. The van der Waals surface area contributed by atoms with E-state index in [1.54, 1.807) is 30.3 Å². The molecule has 0 radical (unpaired) electrons. The topological polar surface area (TPSA) is 60.2 Å². The van der Waals surface area contributed by atoms with E-state index in [9.17, 15) is 4.39 Å². The molecule has 0 spiro atoms. The molecular weight excluding hydrogens is 269 g/mol. The number of rotatable bonds is 4. The summed E-state index contributed by atoms with van der Waals surface area (Å²) < 4.78 is 19.2. The second-order valence-electron chi connectivity index (χ2n) is 3.86. The van der Waals surface area contributed by atoms with E-state index in [2.05, 4.69) is 10.4 Å². The van der Waals surface area contributed by atoms with Gasteiger partial charge in [0.15, 0.2) is 11.6 Å². The van der Waals surface area contributed by atoms with Gasteiger partial charge in [-0.2, -0.15) is 0 Å². The third-order valence-corrected chi connectivity index (χ3v) is 2.96. The number of methoxy groups -OCH3 is 1. The first kappa shape index (κ1) is 13.7. The first-order chi connectivity index (χ1) is 9.17. The zero-order valence-electron chi connectivity index (χ0n) is 10.2. The minimum Gasteiger partial charge on any atom is -0.494 e. The average Bonchev–Trinajstić information content (AvgIpc) is 2.43. The van der Waals surface area contributed by atoms with Crippen LogP contribution in [0.4, 0.5) is 4.39 Å². The van der Waals surface area contributed by atoms with Crippen LogP contribution in [0.3, 0.4) is 0 Å². The quantitative estimate of drug-likeness (QED) is 0.667. The Kier molecular flexibility index (Phi) is 4.31. The van der Waals surface area contributed by atoms with Crippen LogP contribution in [-0.4, -0.2) is 12.1 Å². The number of hydrazine groups is 1. The van der Waals surface area contributed by atoms with Gasteiger partial charge in [0.05, 0.1) is 23.9 Å². The molecule has 0 saturated heterocycles. The van der Waals surface area contributed by atoms with E-state index in [0.717, 1.165) is 0 Å². The van der Waals surface area contributed by atoms with E-state index in [1.165, 1.54) is 13.3 Å². The Morgan fingerprint density at radius 1 is 1.37 bits per heavy atom. The Hall–Kier alpha value is -1.69. The van der Waals surface area contributed by atoms with Crippen LogP contribution in [0.2, 0.25) is 5.02 Å². The fourth-order valence-corrected chi connectivity index (χ4v) is 1.91. The lowest BCUT2D eigenvalue weighted by Crippen LogP contribution is -2.30. The number of halogens is 2. The monoisotopic (exact) mass is 281 g/mol.